The lowest BCUT2D eigenvalue weighted by Gasteiger charge is -1.72. The first-order chi connectivity index (χ1) is 6.45. The largest absolute Gasteiger partial charge is 0.480 e. The van der Waals surface area contributed by atoms with E-state index in [0.29, 0.717) is 0 Å². The van der Waals surface area contributed by atoms with Gasteiger partial charge in [-0.1, -0.05) is 0 Å². The van der Waals surface area contributed by atoms with Crippen LogP contribution in [0.3, 0.4) is 0 Å². The summed E-state index contributed by atoms with van der Waals surface area (Å²) >= 11 is 0. The van der Waals surface area contributed by atoms with Crippen LogP contribution in [-0.2, 0) is 9.59 Å². The van der Waals surface area contributed by atoms with Crippen molar-refractivity contribution in [2.45, 2.75) is 0 Å². The minimum absolute atomic E-state index is 0.778. The number of hydrogen-bond donors (Lipinski definition) is 6. The van der Waals surface area contributed by atoms with Crippen LogP contribution in [-0.4, -0.2) is 45.6 Å². The summed E-state index contributed by atoms with van der Waals surface area (Å²) in [5.74, 6) is -2.38. The molecule has 0 aliphatic rings. The Morgan fingerprint density at radius 2 is 1.07 bits per heavy atom. The Morgan fingerprint density at radius 3 is 1.07 bits per heavy atom. The van der Waals surface area contributed by atoms with Crippen molar-refractivity contribution >= 4 is 33.9 Å². The molecule has 8 N–H and O–H groups in total. The number of nitrogens with two attached hydrogens (primary N) is 2. The first-order valence-electron chi connectivity index (χ1n) is 2.83. The third-order valence-electron chi connectivity index (χ3n) is 0.326. The average molecular weight is 248 g/mol. The highest BCUT2D eigenvalue weighted by atomic mass is 33.1. The molecular formula is C4H12N2O6S2. The molecule has 0 rings (SSSR count). The number of carbonyl (C=O) groups is 2. The van der Waals surface area contributed by atoms with Crippen LogP contribution in [0.15, 0.2) is 0 Å². The summed E-state index contributed by atoms with van der Waals surface area (Å²) in [7, 11) is 2.10. The van der Waals surface area contributed by atoms with E-state index in [-0.39, 0.29) is 0 Å². The molecule has 10 heteroatoms. The summed E-state index contributed by atoms with van der Waals surface area (Å²) < 4.78 is 0. The number of aliphatic hydroxyl groups is 2. The first kappa shape index (κ1) is 19.1. The van der Waals surface area contributed by atoms with Gasteiger partial charge in [0.2, 0.25) is 0 Å². The minimum atomic E-state index is -1.19. The third-order valence-corrected chi connectivity index (χ3v) is 0.771. The summed E-state index contributed by atoms with van der Waals surface area (Å²) in [6.07, 6.45) is 0. The lowest BCUT2D eigenvalue weighted by Crippen LogP contribution is -1.98. The van der Waals surface area contributed by atoms with E-state index >= 15 is 0 Å². The molecule has 0 saturated carbocycles. The Hall–Kier alpha value is -0.520. The molecular weight excluding hydrogens is 236 g/mol. The van der Waals surface area contributed by atoms with E-state index < -0.39 is 25.2 Å². The van der Waals surface area contributed by atoms with Gasteiger partial charge in [-0.2, -0.15) is 0 Å². The number of hydrogen-bond acceptors (Lipinski definition) is 8. The van der Waals surface area contributed by atoms with Gasteiger partial charge >= 0.3 is 11.9 Å². The summed E-state index contributed by atoms with van der Waals surface area (Å²) in [5.41, 5.74) is 0. The zero-order valence-electron chi connectivity index (χ0n) is 6.99. The smallest absolute Gasteiger partial charge is 0.329 e. The molecule has 0 fully saturated rings. The van der Waals surface area contributed by atoms with Gasteiger partial charge in [-0.25, -0.2) is 9.59 Å². The number of aliphatic carboxylic acids is 2. The molecule has 0 saturated heterocycles. The standard InChI is InChI=1S/2C2H4O3.H4N2S2/c2*3-1-2(4)5;1-3-4-2/h2*3H,1H2,(H,4,5);1-2H2. The zero-order chi connectivity index (χ0) is 12.0. The second kappa shape index (κ2) is 18.3. The Morgan fingerprint density at radius 1 is 0.929 bits per heavy atom. The van der Waals surface area contributed by atoms with Gasteiger partial charge in [-0.3, -0.25) is 10.3 Å². The van der Waals surface area contributed by atoms with Crippen molar-refractivity contribution in [3.63, 3.8) is 0 Å². The quantitative estimate of drug-likeness (QED) is 0.248. The Bertz CT molecular complexity index is 130. The molecule has 0 bridgehead atoms. The van der Waals surface area contributed by atoms with Crippen LogP contribution in [0, 0.1) is 0 Å². The van der Waals surface area contributed by atoms with Crippen molar-refractivity contribution in [3.8, 4) is 0 Å². The maximum Gasteiger partial charge on any atom is 0.329 e. The summed E-state index contributed by atoms with van der Waals surface area (Å²) in [6, 6.07) is 0. The molecule has 14 heavy (non-hydrogen) atoms. The van der Waals surface area contributed by atoms with Crippen LogP contribution in [0.4, 0.5) is 0 Å². The maximum atomic E-state index is 9.12. The van der Waals surface area contributed by atoms with Crippen LogP contribution < -0.4 is 10.3 Å². The molecule has 0 aromatic rings. The summed E-state index contributed by atoms with van der Waals surface area (Å²) in [5, 5.41) is 39.6. The zero-order valence-corrected chi connectivity index (χ0v) is 8.62. The molecule has 0 aromatic heterocycles. The van der Waals surface area contributed by atoms with Crippen molar-refractivity contribution in [2.75, 3.05) is 13.2 Å². The van der Waals surface area contributed by atoms with Gasteiger partial charge < -0.3 is 20.4 Å². The van der Waals surface area contributed by atoms with Crippen LogP contribution in [0.1, 0.15) is 0 Å². The van der Waals surface area contributed by atoms with Gasteiger partial charge in [0.15, 0.2) is 0 Å². The molecule has 0 aliphatic carbocycles. The number of aliphatic hydroxyl groups excluding tert-OH is 2. The molecule has 8 nitrogen and oxygen atoms in total. The maximum absolute atomic E-state index is 9.12. The Balaban J connectivity index is -0.000000131. The predicted molar refractivity (Wildman–Crippen MR) is 53.0 cm³/mol. The van der Waals surface area contributed by atoms with Crippen molar-refractivity contribution in [3.05, 3.63) is 0 Å². The molecule has 0 heterocycles. The highest BCUT2D eigenvalue weighted by Crippen LogP contribution is 1.98. The van der Waals surface area contributed by atoms with Gasteiger partial charge in [-0.05, 0) is 0 Å². The topological polar surface area (TPSA) is 167 Å². The monoisotopic (exact) mass is 248 g/mol. The molecule has 86 valence electrons. The lowest BCUT2D eigenvalue weighted by molar-refractivity contribution is -0.141. The normalized spacial score (nSPS) is 7.43. The average Bonchev–Trinajstić information content (AvgIpc) is 2.19. The molecule has 0 aromatic carbocycles. The fraction of sp³-hybridized carbons (Fsp3) is 0.500. The molecule has 0 amide bonds. The predicted octanol–water partition coefficient (Wildman–Crippen LogP) is -1.76. The SMILES string of the molecule is NSSN.O=C(O)CO.O=C(O)CO. The van der Waals surface area contributed by atoms with E-state index in [1.807, 2.05) is 0 Å². The van der Waals surface area contributed by atoms with Gasteiger partial charge in [0, 0.05) is 22.0 Å². The fourth-order valence-corrected chi connectivity index (χ4v) is 0. The van der Waals surface area contributed by atoms with Crippen molar-refractivity contribution < 1.29 is 30.0 Å². The van der Waals surface area contributed by atoms with Gasteiger partial charge in [0.1, 0.15) is 13.2 Å². The van der Waals surface area contributed by atoms with E-state index in [9.17, 15) is 0 Å². The molecule has 0 radical (unpaired) electrons. The van der Waals surface area contributed by atoms with Crippen LogP contribution in [0.2, 0.25) is 0 Å². The van der Waals surface area contributed by atoms with Crippen LogP contribution in [0.5, 0.6) is 0 Å². The van der Waals surface area contributed by atoms with Gasteiger partial charge in [0.05, 0.1) is 0 Å². The third kappa shape index (κ3) is 62.8. The Kier molecular flexibility index (Phi) is 25.0. The number of rotatable bonds is 3. The number of carboxylic acid groups (broad SMARTS) is 2. The number of carboxylic acids is 2. The van der Waals surface area contributed by atoms with Gasteiger partial charge in [-0.15, -0.1) is 0 Å². The van der Waals surface area contributed by atoms with Gasteiger partial charge in [0.25, 0.3) is 0 Å². The first-order valence-corrected chi connectivity index (χ1v) is 5.11. The van der Waals surface area contributed by atoms with Crippen LogP contribution >= 0.6 is 22.0 Å². The van der Waals surface area contributed by atoms with E-state index in [4.69, 9.17) is 40.3 Å². The second-order valence-electron chi connectivity index (χ2n) is 1.30. The van der Waals surface area contributed by atoms with E-state index in [1.165, 1.54) is 0 Å². The Labute approximate surface area is 87.9 Å². The highest BCUT2D eigenvalue weighted by Gasteiger charge is 1.83. The van der Waals surface area contributed by atoms with E-state index in [1.54, 1.807) is 0 Å². The molecule has 0 spiro atoms. The van der Waals surface area contributed by atoms with Crippen molar-refractivity contribution in [1.29, 1.82) is 0 Å². The van der Waals surface area contributed by atoms with Crippen molar-refractivity contribution in [2.24, 2.45) is 10.3 Å². The summed E-state index contributed by atoms with van der Waals surface area (Å²) in [6.45, 7) is -1.56. The second-order valence-corrected chi connectivity index (χ2v) is 2.84. The molecule has 0 aliphatic heterocycles. The lowest BCUT2D eigenvalue weighted by atomic mass is 10.8. The van der Waals surface area contributed by atoms with E-state index in [2.05, 4.69) is 0 Å². The molecule has 0 atom stereocenters. The van der Waals surface area contributed by atoms with Crippen molar-refractivity contribution in [1.82, 2.24) is 0 Å². The summed E-state index contributed by atoms with van der Waals surface area (Å²) in [4.78, 5) is 18.2. The van der Waals surface area contributed by atoms with E-state index in [0.717, 1.165) is 22.0 Å². The molecule has 0 unspecified atom stereocenters. The minimum Gasteiger partial charge on any atom is -0.480 e. The highest BCUT2D eigenvalue weighted by molar-refractivity contribution is 8.75. The van der Waals surface area contributed by atoms with Crippen LogP contribution in [0.25, 0.3) is 0 Å². The fourth-order valence-electron chi connectivity index (χ4n) is 0.